The molecule has 1 fully saturated rings. The third-order valence-corrected chi connectivity index (χ3v) is 7.40. The molecule has 2 N–H and O–H groups in total. The van der Waals surface area contributed by atoms with Gasteiger partial charge in [0.25, 0.3) is 5.91 Å². The van der Waals surface area contributed by atoms with Crippen LogP contribution in [-0.4, -0.2) is 59.6 Å². The van der Waals surface area contributed by atoms with E-state index in [1.54, 1.807) is 24.3 Å². The number of amides is 2. The van der Waals surface area contributed by atoms with E-state index in [9.17, 15) is 9.59 Å². The Balaban J connectivity index is 1.27. The second-order valence-electron chi connectivity index (χ2n) is 9.99. The Bertz CT molecular complexity index is 1390. The molecular weight excluding hydrogens is 518 g/mol. The minimum atomic E-state index is -0.275. The number of nitrogens with one attached hydrogen (secondary N) is 2. The van der Waals surface area contributed by atoms with E-state index in [-0.39, 0.29) is 30.4 Å². The average Bonchev–Trinajstić information content (AvgIpc) is 3.24. The van der Waals surface area contributed by atoms with Gasteiger partial charge in [0.2, 0.25) is 11.9 Å². The van der Waals surface area contributed by atoms with Crippen molar-refractivity contribution in [3.63, 3.8) is 0 Å². The van der Waals surface area contributed by atoms with Crippen LogP contribution in [0.4, 0.5) is 5.95 Å². The normalized spacial score (nSPS) is 16.1. The van der Waals surface area contributed by atoms with Crippen LogP contribution in [0.2, 0.25) is 5.02 Å². The van der Waals surface area contributed by atoms with E-state index >= 15 is 0 Å². The molecule has 1 unspecified atom stereocenters. The maximum Gasteiger partial charge on any atom is 0.254 e. The maximum absolute atomic E-state index is 13.3. The van der Waals surface area contributed by atoms with Crippen LogP contribution in [0.25, 0.3) is 11.3 Å². The molecule has 0 radical (unpaired) electrons. The third kappa shape index (κ3) is 5.99. The zero-order valence-corrected chi connectivity index (χ0v) is 23.0. The van der Waals surface area contributed by atoms with Gasteiger partial charge in [-0.05, 0) is 44.4 Å². The van der Waals surface area contributed by atoms with Crippen molar-refractivity contribution in [3.05, 3.63) is 69.9 Å². The van der Waals surface area contributed by atoms with Gasteiger partial charge in [0.1, 0.15) is 12.3 Å². The monoisotopic (exact) mass is 549 g/mol. The fourth-order valence-electron chi connectivity index (χ4n) is 5.03. The Morgan fingerprint density at radius 3 is 2.79 bits per heavy atom. The van der Waals surface area contributed by atoms with Crippen LogP contribution >= 0.6 is 11.6 Å². The summed E-state index contributed by atoms with van der Waals surface area (Å²) in [5.41, 5.74) is 4.63. The molecule has 0 saturated carbocycles. The van der Waals surface area contributed by atoms with E-state index in [0.29, 0.717) is 47.7 Å². The second-order valence-corrected chi connectivity index (χ2v) is 10.4. The van der Waals surface area contributed by atoms with Crippen LogP contribution in [0.3, 0.4) is 0 Å². The van der Waals surface area contributed by atoms with Gasteiger partial charge in [-0.3, -0.25) is 9.59 Å². The topological polar surface area (TPSA) is 106 Å². The number of ether oxygens (including phenoxy) is 2. The van der Waals surface area contributed by atoms with E-state index in [2.05, 4.69) is 20.6 Å². The molecule has 2 aromatic carbocycles. The molecule has 2 aliphatic rings. The largest absolute Gasteiger partial charge is 0.496 e. The molecule has 1 saturated heterocycles. The maximum atomic E-state index is 13.3. The summed E-state index contributed by atoms with van der Waals surface area (Å²) in [6.07, 6.45) is 3.34. The van der Waals surface area contributed by atoms with E-state index in [1.807, 2.05) is 44.2 Å². The van der Waals surface area contributed by atoms with Crippen molar-refractivity contribution < 1.29 is 19.1 Å². The standard InChI is InChI=1S/C29H32ClN5O4/c1-17-4-7-25(38-3)22(12-17)18(2)32-26(36)16-35-15-20-6-5-19(13-23(20)28(35)37)27-24(30)14-31-29(34-27)33-21-8-10-39-11-9-21/h4-7,12-14,18,21H,8-11,15-16H2,1-3H3,(H,32,36)(H,31,33,34). The highest BCUT2D eigenvalue weighted by Crippen LogP contribution is 2.32. The van der Waals surface area contributed by atoms with Crippen LogP contribution in [0.15, 0.2) is 42.6 Å². The highest BCUT2D eigenvalue weighted by atomic mass is 35.5. The van der Waals surface area contributed by atoms with Gasteiger partial charge < -0.3 is 25.0 Å². The predicted octanol–water partition coefficient (Wildman–Crippen LogP) is 4.54. The molecule has 10 heteroatoms. The molecule has 2 aliphatic heterocycles. The molecule has 39 heavy (non-hydrogen) atoms. The first-order valence-corrected chi connectivity index (χ1v) is 13.4. The summed E-state index contributed by atoms with van der Waals surface area (Å²) in [4.78, 5) is 36.7. The number of anilines is 1. The third-order valence-electron chi connectivity index (χ3n) is 7.12. The Labute approximate surface area is 232 Å². The summed E-state index contributed by atoms with van der Waals surface area (Å²) in [5.74, 6) is 0.759. The van der Waals surface area contributed by atoms with E-state index in [4.69, 9.17) is 21.1 Å². The summed E-state index contributed by atoms with van der Waals surface area (Å²) in [7, 11) is 1.61. The van der Waals surface area contributed by atoms with Gasteiger partial charge in [0.05, 0.1) is 30.1 Å². The number of halogens is 1. The lowest BCUT2D eigenvalue weighted by atomic mass is 10.0. The van der Waals surface area contributed by atoms with E-state index in [1.165, 1.54) is 0 Å². The van der Waals surface area contributed by atoms with Gasteiger partial charge in [0, 0.05) is 42.5 Å². The zero-order chi connectivity index (χ0) is 27.5. The van der Waals surface area contributed by atoms with Gasteiger partial charge in [-0.25, -0.2) is 9.97 Å². The fourth-order valence-corrected chi connectivity index (χ4v) is 5.23. The molecule has 0 spiro atoms. The van der Waals surface area contributed by atoms with E-state index < -0.39 is 0 Å². The molecule has 3 heterocycles. The van der Waals surface area contributed by atoms with Crippen LogP contribution in [0, 0.1) is 6.92 Å². The SMILES string of the molecule is COc1ccc(C)cc1C(C)NC(=O)CN1Cc2ccc(-c3nc(NC4CCOCC4)ncc3Cl)cc2C1=O. The number of hydrogen-bond acceptors (Lipinski definition) is 7. The molecule has 0 aliphatic carbocycles. The van der Waals surface area contributed by atoms with Crippen molar-refractivity contribution in [2.24, 2.45) is 0 Å². The van der Waals surface area contributed by atoms with Gasteiger partial charge >= 0.3 is 0 Å². The number of benzene rings is 2. The summed E-state index contributed by atoms with van der Waals surface area (Å²) >= 11 is 6.46. The molecule has 1 aromatic heterocycles. The Kier molecular flexibility index (Phi) is 7.99. The van der Waals surface area contributed by atoms with Gasteiger partial charge in [-0.1, -0.05) is 41.4 Å². The fraction of sp³-hybridized carbons (Fsp3) is 0.379. The lowest BCUT2D eigenvalue weighted by Crippen LogP contribution is -2.38. The Morgan fingerprint density at radius 2 is 2.03 bits per heavy atom. The number of nitrogens with zero attached hydrogens (tertiary/aromatic N) is 3. The first-order valence-electron chi connectivity index (χ1n) is 13.1. The minimum absolute atomic E-state index is 0.0469. The van der Waals surface area contributed by atoms with Crippen molar-refractivity contribution in [2.45, 2.75) is 45.3 Å². The number of rotatable bonds is 8. The number of aromatic nitrogens is 2. The minimum Gasteiger partial charge on any atom is -0.496 e. The van der Waals surface area contributed by atoms with Crippen molar-refractivity contribution in [3.8, 4) is 17.0 Å². The molecular formula is C29H32ClN5O4. The number of aryl methyl sites for hydroxylation is 1. The Hall–Kier alpha value is -3.69. The first-order chi connectivity index (χ1) is 18.8. The molecule has 2 amide bonds. The van der Waals surface area contributed by atoms with Gasteiger partial charge in [0.15, 0.2) is 0 Å². The smallest absolute Gasteiger partial charge is 0.254 e. The van der Waals surface area contributed by atoms with Crippen molar-refractivity contribution in [2.75, 3.05) is 32.2 Å². The number of carbonyl (C=O) groups is 2. The van der Waals surface area contributed by atoms with E-state index in [0.717, 1.165) is 35.1 Å². The number of methoxy groups -OCH3 is 1. The highest BCUT2D eigenvalue weighted by Gasteiger charge is 2.30. The number of carbonyl (C=O) groups excluding carboxylic acids is 2. The molecule has 1 atom stereocenters. The summed E-state index contributed by atoms with van der Waals surface area (Å²) in [5, 5.41) is 6.75. The zero-order valence-electron chi connectivity index (χ0n) is 22.3. The van der Waals surface area contributed by atoms with Crippen LogP contribution < -0.4 is 15.4 Å². The van der Waals surface area contributed by atoms with Crippen LogP contribution in [0.5, 0.6) is 5.75 Å². The molecule has 3 aromatic rings. The van der Waals surface area contributed by atoms with Gasteiger partial charge in [-0.2, -0.15) is 0 Å². The molecule has 5 rings (SSSR count). The van der Waals surface area contributed by atoms with Gasteiger partial charge in [-0.15, -0.1) is 0 Å². The molecule has 9 nitrogen and oxygen atoms in total. The van der Waals surface area contributed by atoms with Crippen molar-refractivity contribution >= 4 is 29.4 Å². The van der Waals surface area contributed by atoms with Crippen molar-refractivity contribution in [1.82, 2.24) is 20.2 Å². The first kappa shape index (κ1) is 26.9. The Morgan fingerprint density at radius 1 is 1.23 bits per heavy atom. The number of hydrogen-bond donors (Lipinski definition) is 2. The van der Waals surface area contributed by atoms with Crippen LogP contribution in [0.1, 0.15) is 52.9 Å². The molecule has 0 bridgehead atoms. The molecule has 204 valence electrons. The summed E-state index contributed by atoms with van der Waals surface area (Å²) < 4.78 is 10.9. The van der Waals surface area contributed by atoms with Crippen LogP contribution in [-0.2, 0) is 16.1 Å². The average molecular weight is 550 g/mol. The highest BCUT2D eigenvalue weighted by molar-refractivity contribution is 6.33. The predicted molar refractivity (Wildman–Crippen MR) is 149 cm³/mol. The summed E-state index contributed by atoms with van der Waals surface area (Å²) in [6.45, 7) is 5.62. The summed E-state index contributed by atoms with van der Waals surface area (Å²) in [6, 6.07) is 11.4. The quantitative estimate of drug-likeness (QED) is 0.425. The lowest BCUT2D eigenvalue weighted by Gasteiger charge is -2.23. The van der Waals surface area contributed by atoms with Crippen molar-refractivity contribution in [1.29, 1.82) is 0 Å². The lowest BCUT2D eigenvalue weighted by molar-refractivity contribution is -0.122. The number of fused-ring (bicyclic) bond motifs is 1. The second kappa shape index (κ2) is 11.6.